The molecule has 0 rings (SSSR count). The molecule has 0 amide bonds. The third kappa shape index (κ3) is 6.73. The molecule has 0 aromatic rings. The van der Waals surface area contributed by atoms with Crippen LogP contribution in [0.1, 0.15) is 13.3 Å². The van der Waals surface area contributed by atoms with E-state index in [0.29, 0.717) is 31.1 Å². The third-order valence-electron chi connectivity index (χ3n) is 1.58. The van der Waals surface area contributed by atoms with Crippen molar-refractivity contribution in [1.82, 2.24) is 5.32 Å². The molecule has 4 N–H and O–H groups in total. The molecule has 82 valence electrons. The van der Waals surface area contributed by atoms with Crippen LogP contribution in [-0.2, 0) is 4.79 Å². The maximum Gasteiger partial charge on any atom is 0.320 e. The molecule has 0 aromatic carbocycles. The van der Waals surface area contributed by atoms with Crippen molar-refractivity contribution in [3.8, 4) is 0 Å². The minimum Gasteiger partial charge on any atom is -0.480 e. The maximum atomic E-state index is 10.7. The molecule has 6 heteroatoms. The van der Waals surface area contributed by atoms with Gasteiger partial charge in [-0.3, -0.25) is 9.79 Å². The van der Waals surface area contributed by atoms with E-state index in [2.05, 4.69) is 22.9 Å². The second-order valence-electron chi connectivity index (χ2n) is 2.88. The monoisotopic (exact) mass is 219 g/mol. The molecule has 0 saturated carbocycles. The van der Waals surface area contributed by atoms with Crippen molar-refractivity contribution in [1.29, 1.82) is 0 Å². The van der Waals surface area contributed by atoms with Crippen LogP contribution in [0.3, 0.4) is 0 Å². The fourth-order valence-corrected chi connectivity index (χ4v) is 1.17. The zero-order valence-electron chi connectivity index (χ0n) is 8.23. The summed E-state index contributed by atoms with van der Waals surface area (Å²) >= 11 is 3.98. The first-order valence-electron chi connectivity index (χ1n) is 4.41. The largest absolute Gasteiger partial charge is 0.480 e. The summed E-state index contributed by atoms with van der Waals surface area (Å²) in [6.45, 7) is 2.71. The number of nitrogens with zero attached hydrogens (tertiary/aromatic N) is 1. The highest BCUT2D eigenvalue weighted by atomic mass is 32.1. The van der Waals surface area contributed by atoms with Crippen LogP contribution >= 0.6 is 12.6 Å². The van der Waals surface area contributed by atoms with Gasteiger partial charge in [-0.15, -0.1) is 0 Å². The quantitative estimate of drug-likeness (QED) is 0.205. The Bertz CT molecular complexity index is 205. The number of carboxylic acids is 1. The average Bonchev–Trinajstić information content (AvgIpc) is 2.09. The lowest BCUT2D eigenvalue weighted by Gasteiger charge is -2.11. The molecule has 0 bridgehead atoms. The van der Waals surface area contributed by atoms with E-state index in [-0.39, 0.29) is 0 Å². The molecule has 0 fully saturated rings. The van der Waals surface area contributed by atoms with Crippen LogP contribution in [0.15, 0.2) is 4.99 Å². The van der Waals surface area contributed by atoms with Gasteiger partial charge in [0.05, 0.1) is 12.4 Å². The van der Waals surface area contributed by atoms with Gasteiger partial charge in [0.15, 0.2) is 0 Å². The smallest absolute Gasteiger partial charge is 0.320 e. The summed E-state index contributed by atoms with van der Waals surface area (Å²) in [6.07, 6.45) is 0.504. The molecule has 0 aliphatic heterocycles. The number of carboxylic acid groups (broad SMARTS) is 1. The van der Waals surface area contributed by atoms with Gasteiger partial charge in [0.1, 0.15) is 6.04 Å². The molecule has 0 unspecified atom stereocenters. The van der Waals surface area contributed by atoms with E-state index in [4.69, 9.17) is 10.8 Å². The zero-order chi connectivity index (χ0) is 11.0. The van der Waals surface area contributed by atoms with Crippen LogP contribution in [0, 0.1) is 0 Å². The minimum absolute atomic E-state index is 0.499. The zero-order valence-corrected chi connectivity index (χ0v) is 9.13. The first-order valence-corrected chi connectivity index (χ1v) is 5.04. The van der Waals surface area contributed by atoms with Crippen LogP contribution in [0.25, 0.3) is 0 Å². The molecule has 1 atom stereocenters. The van der Waals surface area contributed by atoms with E-state index in [9.17, 15) is 4.79 Å². The normalized spacial score (nSPS) is 14.0. The Hall–Kier alpha value is -0.750. The number of hydrogen-bond donors (Lipinski definition) is 4. The SMILES string of the molecule is CC(N)=NCCN[C@H](CCS)C(=O)O. The van der Waals surface area contributed by atoms with E-state index in [0.717, 1.165) is 0 Å². The van der Waals surface area contributed by atoms with E-state index in [1.807, 2.05) is 0 Å². The van der Waals surface area contributed by atoms with Crippen LogP contribution in [0.2, 0.25) is 0 Å². The lowest BCUT2D eigenvalue weighted by atomic mass is 10.2. The predicted molar refractivity (Wildman–Crippen MR) is 60.1 cm³/mol. The second-order valence-corrected chi connectivity index (χ2v) is 3.33. The highest BCUT2D eigenvalue weighted by Gasteiger charge is 2.14. The van der Waals surface area contributed by atoms with Gasteiger partial charge in [0, 0.05) is 6.54 Å². The Morgan fingerprint density at radius 2 is 2.36 bits per heavy atom. The summed E-state index contributed by atoms with van der Waals surface area (Å²) in [6, 6.07) is -0.541. The molecule has 14 heavy (non-hydrogen) atoms. The van der Waals surface area contributed by atoms with E-state index < -0.39 is 12.0 Å². The highest BCUT2D eigenvalue weighted by molar-refractivity contribution is 7.80. The van der Waals surface area contributed by atoms with Crippen molar-refractivity contribution in [3.63, 3.8) is 0 Å². The fraction of sp³-hybridized carbons (Fsp3) is 0.750. The molecular formula is C8H17N3O2S. The molecule has 0 aliphatic rings. The number of thiol groups is 1. The number of hydrogen-bond acceptors (Lipinski definition) is 4. The molecule has 5 nitrogen and oxygen atoms in total. The van der Waals surface area contributed by atoms with Crippen LogP contribution in [0.5, 0.6) is 0 Å². The molecule has 0 saturated heterocycles. The predicted octanol–water partition coefficient (Wildman–Crippen LogP) is -0.274. The number of nitrogens with one attached hydrogen (secondary N) is 1. The number of aliphatic carboxylic acids is 1. The summed E-state index contributed by atoms with van der Waals surface area (Å²) < 4.78 is 0. The van der Waals surface area contributed by atoms with Crippen molar-refractivity contribution < 1.29 is 9.90 Å². The van der Waals surface area contributed by atoms with Gasteiger partial charge in [-0.2, -0.15) is 12.6 Å². The number of nitrogens with two attached hydrogens (primary N) is 1. The summed E-state index contributed by atoms with van der Waals surface area (Å²) in [5.41, 5.74) is 5.32. The number of aliphatic imine (C=N–C) groups is 1. The number of carbonyl (C=O) groups is 1. The van der Waals surface area contributed by atoms with E-state index in [1.54, 1.807) is 6.92 Å². The maximum absolute atomic E-state index is 10.7. The van der Waals surface area contributed by atoms with Crippen LogP contribution in [0.4, 0.5) is 0 Å². The Labute approximate surface area is 89.2 Å². The van der Waals surface area contributed by atoms with Crippen molar-refractivity contribution in [2.75, 3.05) is 18.8 Å². The molecule has 0 aliphatic carbocycles. The first kappa shape index (κ1) is 13.2. The van der Waals surface area contributed by atoms with E-state index in [1.165, 1.54) is 0 Å². The summed E-state index contributed by atoms with van der Waals surface area (Å²) in [5, 5.41) is 11.6. The molecule has 0 radical (unpaired) electrons. The summed E-state index contributed by atoms with van der Waals surface area (Å²) in [7, 11) is 0. The van der Waals surface area contributed by atoms with E-state index >= 15 is 0 Å². The summed E-state index contributed by atoms with van der Waals surface area (Å²) in [5.74, 6) is 0.198. The van der Waals surface area contributed by atoms with Gasteiger partial charge in [-0.25, -0.2) is 0 Å². The average molecular weight is 219 g/mol. The van der Waals surface area contributed by atoms with Gasteiger partial charge in [0.25, 0.3) is 0 Å². The molecular weight excluding hydrogens is 202 g/mol. The third-order valence-corrected chi connectivity index (χ3v) is 1.84. The van der Waals surface area contributed by atoms with Crippen molar-refractivity contribution in [2.45, 2.75) is 19.4 Å². The summed E-state index contributed by atoms with van der Waals surface area (Å²) in [4.78, 5) is 14.6. The Balaban J connectivity index is 3.72. The minimum atomic E-state index is -0.854. The fourth-order valence-electron chi connectivity index (χ4n) is 0.913. The lowest BCUT2D eigenvalue weighted by Crippen LogP contribution is -2.38. The number of amidine groups is 1. The van der Waals surface area contributed by atoms with Gasteiger partial charge in [0.2, 0.25) is 0 Å². The number of rotatable bonds is 7. The molecule has 0 heterocycles. The first-order chi connectivity index (χ1) is 6.57. The van der Waals surface area contributed by atoms with Crippen LogP contribution in [-0.4, -0.2) is 41.8 Å². The topological polar surface area (TPSA) is 87.7 Å². The van der Waals surface area contributed by atoms with Gasteiger partial charge >= 0.3 is 5.97 Å². The van der Waals surface area contributed by atoms with Gasteiger partial charge < -0.3 is 16.2 Å². The Morgan fingerprint density at radius 3 is 2.79 bits per heavy atom. The van der Waals surface area contributed by atoms with Crippen LogP contribution < -0.4 is 11.1 Å². The molecule has 0 aromatic heterocycles. The Morgan fingerprint density at radius 1 is 1.71 bits per heavy atom. The Kier molecular flexibility index (Phi) is 7.23. The van der Waals surface area contributed by atoms with Gasteiger partial charge in [-0.1, -0.05) is 0 Å². The van der Waals surface area contributed by atoms with Gasteiger partial charge in [-0.05, 0) is 19.1 Å². The standard InChI is InChI=1S/C8H17N3O2S/c1-6(9)10-3-4-11-7(2-5-14)8(12)13/h7,11,14H,2-5H2,1H3,(H2,9,10)(H,12,13)/t7-/m1/s1. The van der Waals surface area contributed by atoms with Crippen molar-refractivity contribution in [2.24, 2.45) is 10.7 Å². The second kappa shape index (κ2) is 7.64. The highest BCUT2D eigenvalue weighted by Crippen LogP contribution is 1.94. The van der Waals surface area contributed by atoms with Crippen molar-refractivity contribution >= 4 is 24.4 Å². The van der Waals surface area contributed by atoms with Crippen molar-refractivity contribution in [3.05, 3.63) is 0 Å². The lowest BCUT2D eigenvalue weighted by molar-refractivity contribution is -0.139. The molecule has 0 spiro atoms.